The first kappa shape index (κ1) is 22.6. The molecule has 178 valence electrons. The maximum absolute atomic E-state index is 13.4. The van der Waals surface area contributed by atoms with Crippen LogP contribution in [0.2, 0.25) is 0 Å². The Hall–Kier alpha value is -2.16. The molecule has 3 fully saturated rings. The molecule has 1 heterocycles. The van der Waals surface area contributed by atoms with E-state index in [4.69, 9.17) is 4.74 Å². The molecule has 0 bridgehead atoms. The summed E-state index contributed by atoms with van der Waals surface area (Å²) in [5, 5.41) is 31.3. The lowest BCUT2D eigenvalue weighted by atomic mass is 9.46. The van der Waals surface area contributed by atoms with Crippen molar-refractivity contribution in [2.45, 2.75) is 70.8 Å². The highest BCUT2D eigenvalue weighted by atomic mass is 16.5. The van der Waals surface area contributed by atoms with E-state index in [1.54, 1.807) is 25.5 Å². The standard InChI is InChI=1S/C25H33N3O5/c1-23-8-6-17(29)10-15(23)4-5-18-19-7-9-25(32,24(19,2)11-20(30)22(18)23)21(31)13-28-12-16(14-33-3)26-27-28/h6,8,10,12,18-20,22,30,32H,4-5,7,9,11,13-14H2,1-3H3/t18?,19?,20?,22?,23?,24?,25-/m0/s1. The molecule has 0 amide bonds. The van der Waals surface area contributed by atoms with Crippen molar-refractivity contribution in [3.8, 4) is 0 Å². The third-order valence-corrected chi connectivity index (χ3v) is 9.29. The van der Waals surface area contributed by atoms with Gasteiger partial charge in [0.1, 0.15) is 17.8 Å². The number of hydrogen-bond donors (Lipinski definition) is 2. The van der Waals surface area contributed by atoms with Gasteiger partial charge < -0.3 is 14.9 Å². The van der Waals surface area contributed by atoms with Crippen LogP contribution in [0.4, 0.5) is 0 Å². The topological polar surface area (TPSA) is 115 Å². The summed E-state index contributed by atoms with van der Waals surface area (Å²) in [7, 11) is 1.57. The predicted molar refractivity (Wildman–Crippen MR) is 119 cm³/mol. The van der Waals surface area contributed by atoms with Crippen molar-refractivity contribution in [1.82, 2.24) is 15.0 Å². The first-order valence-corrected chi connectivity index (χ1v) is 11.9. The molecule has 0 radical (unpaired) electrons. The van der Waals surface area contributed by atoms with Crippen molar-refractivity contribution in [3.05, 3.63) is 35.7 Å². The molecule has 7 atom stereocenters. The van der Waals surface area contributed by atoms with Gasteiger partial charge in [0.05, 0.1) is 18.9 Å². The van der Waals surface area contributed by atoms with E-state index in [0.29, 0.717) is 25.1 Å². The number of aliphatic hydroxyl groups excluding tert-OH is 1. The number of methoxy groups -OCH3 is 1. The van der Waals surface area contributed by atoms with Gasteiger partial charge in [-0.15, -0.1) is 5.10 Å². The Bertz CT molecular complexity index is 1050. The first-order valence-electron chi connectivity index (χ1n) is 11.9. The molecule has 5 rings (SSSR count). The molecule has 0 aromatic carbocycles. The Kier molecular flexibility index (Phi) is 5.27. The highest BCUT2D eigenvalue weighted by Gasteiger charge is 2.68. The number of aliphatic hydroxyl groups is 2. The average Bonchev–Trinajstić information content (AvgIpc) is 3.30. The van der Waals surface area contributed by atoms with Crippen LogP contribution in [0.15, 0.2) is 30.0 Å². The predicted octanol–water partition coefficient (Wildman–Crippen LogP) is 2.00. The lowest BCUT2D eigenvalue weighted by molar-refractivity contribution is -0.177. The number of hydrogen-bond acceptors (Lipinski definition) is 7. The third kappa shape index (κ3) is 3.21. The Labute approximate surface area is 193 Å². The van der Waals surface area contributed by atoms with Gasteiger partial charge >= 0.3 is 0 Å². The summed E-state index contributed by atoms with van der Waals surface area (Å²) in [6.07, 6.45) is 9.49. The molecule has 6 unspecified atom stereocenters. The number of Topliss-reactive ketones (excluding diaryl/α,β-unsaturated/α-hetero) is 1. The van der Waals surface area contributed by atoms with Crippen LogP contribution in [-0.2, 0) is 27.5 Å². The molecule has 2 N–H and O–H groups in total. The van der Waals surface area contributed by atoms with Gasteiger partial charge in [-0.1, -0.05) is 30.7 Å². The van der Waals surface area contributed by atoms with Crippen molar-refractivity contribution in [1.29, 1.82) is 0 Å². The smallest absolute Gasteiger partial charge is 0.186 e. The monoisotopic (exact) mass is 455 g/mol. The Morgan fingerprint density at radius 1 is 1.33 bits per heavy atom. The Balaban J connectivity index is 1.42. The minimum atomic E-state index is -1.52. The van der Waals surface area contributed by atoms with Crippen LogP contribution in [0.25, 0.3) is 0 Å². The number of rotatable bonds is 5. The van der Waals surface area contributed by atoms with Crippen LogP contribution in [0, 0.1) is 28.6 Å². The zero-order chi connectivity index (χ0) is 23.6. The molecule has 1 aromatic heterocycles. The number of ketones is 2. The van der Waals surface area contributed by atoms with Crippen LogP contribution >= 0.6 is 0 Å². The van der Waals surface area contributed by atoms with E-state index in [-0.39, 0.29) is 41.3 Å². The van der Waals surface area contributed by atoms with Gasteiger partial charge in [0.15, 0.2) is 11.6 Å². The molecule has 4 aliphatic carbocycles. The van der Waals surface area contributed by atoms with Crippen LogP contribution in [0.3, 0.4) is 0 Å². The zero-order valence-corrected chi connectivity index (χ0v) is 19.5. The van der Waals surface area contributed by atoms with Gasteiger partial charge in [-0.2, -0.15) is 0 Å². The van der Waals surface area contributed by atoms with E-state index < -0.39 is 17.1 Å². The largest absolute Gasteiger partial charge is 0.393 e. The number of carbonyl (C=O) groups excluding carboxylic acids is 2. The number of aromatic nitrogens is 3. The molecule has 8 heteroatoms. The number of allylic oxidation sites excluding steroid dienone is 4. The van der Waals surface area contributed by atoms with Gasteiger partial charge in [-0.25, -0.2) is 4.68 Å². The fraction of sp³-hybridized carbons (Fsp3) is 0.680. The number of ether oxygens (including phenoxy) is 1. The maximum atomic E-state index is 13.4. The van der Waals surface area contributed by atoms with Crippen LogP contribution in [-0.4, -0.2) is 55.6 Å². The second kappa shape index (κ2) is 7.68. The normalized spacial score (nSPS) is 41.8. The molecule has 3 saturated carbocycles. The van der Waals surface area contributed by atoms with E-state index in [2.05, 4.69) is 17.2 Å². The van der Waals surface area contributed by atoms with Crippen molar-refractivity contribution in [2.75, 3.05) is 7.11 Å². The maximum Gasteiger partial charge on any atom is 0.186 e. The Morgan fingerprint density at radius 3 is 2.88 bits per heavy atom. The van der Waals surface area contributed by atoms with Crippen molar-refractivity contribution >= 4 is 11.6 Å². The van der Waals surface area contributed by atoms with E-state index in [1.807, 2.05) is 13.0 Å². The SMILES string of the molecule is COCc1cn(CC(=O)[C@@]2(O)CCC3C4CCC5=CC(=O)C=CC5(C)C4C(O)CC32C)nn1. The summed E-state index contributed by atoms with van der Waals surface area (Å²) >= 11 is 0. The molecule has 8 nitrogen and oxygen atoms in total. The lowest BCUT2D eigenvalue weighted by Gasteiger charge is -2.59. The van der Waals surface area contributed by atoms with Gasteiger partial charge in [0.25, 0.3) is 0 Å². The van der Waals surface area contributed by atoms with E-state index in [9.17, 15) is 19.8 Å². The van der Waals surface area contributed by atoms with E-state index in [0.717, 1.165) is 24.8 Å². The van der Waals surface area contributed by atoms with Crippen LogP contribution in [0.1, 0.15) is 51.6 Å². The molecule has 0 saturated heterocycles. The second-order valence-electron chi connectivity index (χ2n) is 10.9. The van der Waals surface area contributed by atoms with E-state index in [1.165, 1.54) is 4.68 Å². The highest BCUT2D eigenvalue weighted by Crippen LogP contribution is 2.67. The number of nitrogens with zero attached hydrogens (tertiary/aromatic N) is 3. The fourth-order valence-electron chi connectivity index (χ4n) is 7.70. The van der Waals surface area contributed by atoms with Crippen molar-refractivity contribution in [3.63, 3.8) is 0 Å². The number of fused-ring (bicyclic) bond motifs is 5. The summed E-state index contributed by atoms with van der Waals surface area (Å²) in [6, 6.07) is 0. The number of carbonyl (C=O) groups is 2. The fourth-order valence-corrected chi connectivity index (χ4v) is 7.70. The highest BCUT2D eigenvalue weighted by molar-refractivity contribution is 6.01. The van der Waals surface area contributed by atoms with Gasteiger partial charge in [-0.05, 0) is 56.1 Å². The minimum absolute atomic E-state index is 0.0127. The van der Waals surface area contributed by atoms with Gasteiger partial charge in [0.2, 0.25) is 0 Å². The molecule has 0 aliphatic heterocycles. The minimum Gasteiger partial charge on any atom is -0.393 e. The summed E-state index contributed by atoms with van der Waals surface area (Å²) in [5.41, 5.74) is -0.872. The molecular weight excluding hydrogens is 422 g/mol. The van der Waals surface area contributed by atoms with Crippen LogP contribution in [0.5, 0.6) is 0 Å². The van der Waals surface area contributed by atoms with Gasteiger partial charge in [-0.3, -0.25) is 9.59 Å². The van der Waals surface area contributed by atoms with Crippen LogP contribution < -0.4 is 0 Å². The van der Waals surface area contributed by atoms with Crippen molar-refractivity contribution < 1.29 is 24.5 Å². The second-order valence-corrected chi connectivity index (χ2v) is 10.9. The molecule has 1 aromatic rings. The molecule has 33 heavy (non-hydrogen) atoms. The summed E-state index contributed by atoms with van der Waals surface area (Å²) in [6.45, 7) is 4.35. The lowest BCUT2D eigenvalue weighted by Crippen LogP contribution is -2.61. The van der Waals surface area contributed by atoms with Crippen molar-refractivity contribution in [2.24, 2.45) is 28.6 Å². The molecular formula is C25H33N3O5. The van der Waals surface area contributed by atoms with Gasteiger partial charge in [0, 0.05) is 23.9 Å². The quantitative estimate of drug-likeness (QED) is 0.698. The van der Waals surface area contributed by atoms with E-state index >= 15 is 0 Å². The Morgan fingerprint density at radius 2 is 2.12 bits per heavy atom. The molecule has 4 aliphatic rings. The first-order chi connectivity index (χ1) is 15.6. The zero-order valence-electron chi connectivity index (χ0n) is 19.5. The average molecular weight is 456 g/mol. The summed E-state index contributed by atoms with van der Waals surface area (Å²) in [5.74, 6) is 0.0186. The molecule has 0 spiro atoms. The summed E-state index contributed by atoms with van der Waals surface area (Å²) < 4.78 is 6.52. The summed E-state index contributed by atoms with van der Waals surface area (Å²) in [4.78, 5) is 25.4. The third-order valence-electron chi connectivity index (χ3n) is 9.29.